The number of aliphatic hydroxyl groups excluding tert-OH is 1. The Labute approximate surface area is 107 Å². The molecular weight excluding hydrogens is 234 g/mol. The van der Waals surface area contributed by atoms with Crippen molar-refractivity contribution in [3.05, 3.63) is 10.6 Å². The Hall–Kier alpha value is -0.650. The predicted molar refractivity (Wildman–Crippen MR) is 71.7 cm³/mol. The molecule has 5 heteroatoms. The van der Waals surface area contributed by atoms with Gasteiger partial charge in [0.05, 0.1) is 17.2 Å². The molecule has 17 heavy (non-hydrogen) atoms. The van der Waals surface area contributed by atoms with Gasteiger partial charge >= 0.3 is 0 Å². The first-order valence-electron chi connectivity index (χ1n) is 6.10. The molecule has 1 saturated heterocycles. The summed E-state index contributed by atoms with van der Waals surface area (Å²) in [6, 6.07) is 0.699. The third-order valence-corrected chi connectivity index (χ3v) is 4.69. The molecule has 2 heterocycles. The van der Waals surface area contributed by atoms with Crippen LogP contribution in [0.25, 0.3) is 0 Å². The number of thiazole rings is 1. The summed E-state index contributed by atoms with van der Waals surface area (Å²) in [6.07, 6.45) is 2.39. The van der Waals surface area contributed by atoms with Crippen molar-refractivity contribution in [1.29, 1.82) is 0 Å². The normalized spacial score (nSPS) is 18.1. The Morgan fingerprint density at radius 3 is 2.53 bits per heavy atom. The SMILES string of the molecule is Cc1nc(N2CCC(N(C)C)CC2)sc1CO. The lowest BCUT2D eigenvalue weighted by Crippen LogP contribution is -2.41. The Morgan fingerprint density at radius 1 is 1.41 bits per heavy atom. The first kappa shape index (κ1) is 12.8. The Bertz CT molecular complexity index is 370. The van der Waals surface area contributed by atoms with Crippen LogP contribution in [0.5, 0.6) is 0 Å². The minimum absolute atomic E-state index is 0.109. The van der Waals surface area contributed by atoms with Crippen molar-refractivity contribution in [3.8, 4) is 0 Å². The Balaban J connectivity index is 2.00. The van der Waals surface area contributed by atoms with Crippen molar-refractivity contribution in [1.82, 2.24) is 9.88 Å². The maximum absolute atomic E-state index is 9.19. The van der Waals surface area contributed by atoms with Crippen LogP contribution in [0.4, 0.5) is 5.13 Å². The molecule has 0 saturated carbocycles. The van der Waals surface area contributed by atoms with E-state index < -0.39 is 0 Å². The van der Waals surface area contributed by atoms with Gasteiger partial charge in [-0.15, -0.1) is 0 Å². The van der Waals surface area contributed by atoms with E-state index in [0.717, 1.165) is 28.8 Å². The monoisotopic (exact) mass is 255 g/mol. The number of rotatable bonds is 3. The second kappa shape index (κ2) is 5.33. The fourth-order valence-corrected chi connectivity index (χ4v) is 3.24. The van der Waals surface area contributed by atoms with E-state index in [1.807, 2.05) is 6.92 Å². The van der Waals surface area contributed by atoms with Crippen LogP contribution in [0.2, 0.25) is 0 Å². The van der Waals surface area contributed by atoms with Gasteiger partial charge in [0, 0.05) is 19.1 Å². The molecule has 0 unspecified atom stereocenters. The van der Waals surface area contributed by atoms with Crippen LogP contribution in [0.3, 0.4) is 0 Å². The summed E-state index contributed by atoms with van der Waals surface area (Å²) >= 11 is 1.63. The molecule has 1 aliphatic rings. The standard InChI is InChI=1S/C12H21N3OS/c1-9-11(8-16)17-12(13-9)15-6-4-10(5-7-15)14(2)3/h10,16H,4-8H2,1-3H3. The average molecular weight is 255 g/mol. The molecule has 96 valence electrons. The van der Waals surface area contributed by atoms with Gasteiger partial charge in [-0.25, -0.2) is 4.98 Å². The molecular formula is C12H21N3OS. The van der Waals surface area contributed by atoms with E-state index in [-0.39, 0.29) is 6.61 Å². The van der Waals surface area contributed by atoms with Gasteiger partial charge in [0.15, 0.2) is 5.13 Å². The van der Waals surface area contributed by atoms with Gasteiger partial charge in [0.2, 0.25) is 0 Å². The highest BCUT2D eigenvalue weighted by molar-refractivity contribution is 7.15. The molecule has 0 bridgehead atoms. The molecule has 2 rings (SSSR count). The van der Waals surface area contributed by atoms with Crippen molar-refractivity contribution in [3.63, 3.8) is 0 Å². The first-order chi connectivity index (χ1) is 8.11. The number of aromatic nitrogens is 1. The lowest BCUT2D eigenvalue weighted by atomic mass is 10.0. The highest BCUT2D eigenvalue weighted by atomic mass is 32.1. The third-order valence-electron chi connectivity index (χ3n) is 3.49. The third kappa shape index (κ3) is 2.78. The smallest absolute Gasteiger partial charge is 0.185 e. The summed E-state index contributed by atoms with van der Waals surface area (Å²) in [5.74, 6) is 0. The second-order valence-electron chi connectivity index (χ2n) is 4.84. The largest absolute Gasteiger partial charge is 0.391 e. The summed E-state index contributed by atoms with van der Waals surface area (Å²) in [5.41, 5.74) is 0.974. The molecule has 0 spiro atoms. The molecule has 0 amide bonds. The number of anilines is 1. The number of aryl methyl sites for hydroxylation is 1. The Kier molecular flexibility index (Phi) is 4.01. The van der Waals surface area contributed by atoms with Crippen molar-refractivity contribution in [2.45, 2.75) is 32.4 Å². The maximum atomic E-state index is 9.19. The summed E-state index contributed by atoms with van der Waals surface area (Å²) in [5, 5.41) is 10.3. The Morgan fingerprint density at radius 2 is 2.06 bits per heavy atom. The summed E-state index contributed by atoms with van der Waals surface area (Å²) < 4.78 is 0. The van der Waals surface area contributed by atoms with Crippen LogP contribution in [0.1, 0.15) is 23.4 Å². The predicted octanol–water partition coefficient (Wildman–Crippen LogP) is 1.47. The number of hydrogen-bond acceptors (Lipinski definition) is 5. The van der Waals surface area contributed by atoms with E-state index in [1.165, 1.54) is 12.8 Å². The van der Waals surface area contributed by atoms with Crippen molar-refractivity contribution < 1.29 is 5.11 Å². The zero-order valence-corrected chi connectivity index (χ0v) is 11.6. The van der Waals surface area contributed by atoms with Crippen LogP contribution < -0.4 is 4.90 Å². The van der Waals surface area contributed by atoms with E-state index >= 15 is 0 Å². The molecule has 0 radical (unpaired) electrons. The zero-order valence-electron chi connectivity index (χ0n) is 10.8. The lowest BCUT2D eigenvalue weighted by Gasteiger charge is -2.35. The molecule has 1 aliphatic heterocycles. The highest BCUT2D eigenvalue weighted by Crippen LogP contribution is 2.28. The minimum Gasteiger partial charge on any atom is -0.391 e. The maximum Gasteiger partial charge on any atom is 0.185 e. The fourth-order valence-electron chi connectivity index (χ4n) is 2.27. The summed E-state index contributed by atoms with van der Waals surface area (Å²) in [6.45, 7) is 4.22. The van der Waals surface area contributed by atoms with Gasteiger partial charge in [-0.3, -0.25) is 0 Å². The lowest BCUT2D eigenvalue weighted by molar-refractivity contribution is 0.249. The van der Waals surface area contributed by atoms with Gasteiger partial charge in [-0.05, 0) is 33.9 Å². The van der Waals surface area contributed by atoms with Gasteiger partial charge in [0.1, 0.15) is 0 Å². The summed E-state index contributed by atoms with van der Waals surface area (Å²) in [7, 11) is 4.30. The van der Waals surface area contributed by atoms with Gasteiger partial charge in [-0.2, -0.15) is 0 Å². The molecule has 0 aromatic carbocycles. The molecule has 1 fully saturated rings. The van der Waals surface area contributed by atoms with Crippen molar-refractivity contribution in [2.24, 2.45) is 0 Å². The van der Waals surface area contributed by atoms with Crippen LogP contribution in [0.15, 0.2) is 0 Å². The van der Waals surface area contributed by atoms with Gasteiger partial charge in [0.25, 0.3) is 0 Å². The average Bonchev–Trinajstić information content (AvgIpc) is 2.70. The minimum atomic E-state index is 0.109. The van der Waals surface area contributed by atoms with Gasteiger partial charge < -0.3 is 14.9 Å². The number of nitrogens with zero attached hydrogens (tertiary/aromatic N) is 3. The van der Waals surface area contributed by atoms with E-state index in [1.54, 1.807) is 11.3 Å². The molecule has 1 N–H and O–H groups in total. The first-order valence-corrected chi connectivity index (χ1v) is 6.92. The van der Waals surface area contributed by atoms with Crippen molar-refractivity contribution in [2.75, 3.05) is 32.1 Å². The van der Waals surface area contributed by atoms with Crippen LogP contribution in [-0.4, -0.2) is 48.2 Å². The van der Waals surface area contributed by atoms with E-state index in [0.29, 0.717) is 6.04 Å². The summed E-state index contributed by atoms with van der Waals surface area (Å²) in [4.78, 5) is 10.2. The second-order valence-corrected chi connectivity index (χ2v) is 5.91. The van der Waals surface area contributed by atoms with Crippen LogP contribution in [-0.2, 0) is 6.61 Å². The molecule has 1 aromatic heterocycles. The molecule has 4 nitrogen and oxygen atoms in total. The molecule has 0 atom stereocenters. The van der Waals surface area contributed by atoms with Crippen LogP contribution in [0, 0.1) is 6.92 Å². The topological polar surface area (TPSA) is 39.6 Å². The number of hydrogen-bond donors (Lipinski definition) is 1. The fraction of sp³-hybridized carbons (Fsp3) is 0.750. The van der Waals surface area contributed by atoms with Crippen molar-refractivity contribution >= 4 is 16.5 Å². The quantitative estimate of drug-likeness (QED) is 0.888. The highest BCUT2D eigenvalue weighted by Gasteiger charge is 2.22. The van der Waals surface area contributed by atoms with Gasteiger partial charge in [-0.1, -0.05) is 11.3 Å². The van der Waals surface area contributed by atoms with E-state index in [4.69, 9.17) is 0 Å². The van der Waals surface area contributed by atoms with E-state index in [2.05, 4.69) is 28.9 Å². The van der Waals surface area contributed by atoms with Crippen LogP contribution >= 0.6 is 11.3 Å². The zero-order chi connectivity index (χ0) is 12.4. The van der Waals surface area contributed by atoms with E-state index in [9.17, 15) is 5.11 Å². The number of aliphatic hydroxyl groups is 1. The molecule has 1 aromatic rings. The number of piperidine rings is 1. The molecule has 0 aliphatic carbocycles.